The van der Waals surface area contributed by atoms with Crippen molar-refractivity contribution in [1.82, 2.24) is 14.5 Å². The molecule has 3 aromatic rings. The lowest BCUT2D eigenvalue weighted by Gasteiger charge is -2.25. The molecular weight excluding hydrogens is 428 g/mol. The average molecular weight is 469 g/mol. The average Bonchev–Trinajstić information content (AvgIpc) is 3.13. The Bertz CT molecular complexity index is 1000. The number of hydrogen-bond donors (Lipinski definition) is 2. The molecular formula is C26H40N6S. The van der Waals surface area contributed by atoms with E-state index in [2.05, 4.69) is 85.1 Å². The van der Waals surface area contributed by atoms with Gasteiger partial charge in [-0.15, -0.1) is 11.8 Å². The second kappa shape index (κ2) is 12.3. The summed E-state index contributed by atoms with van der Waals surface area (Å²) in [4.78, 5) is 13.7. The second-order valence-electron chi connectivity index (χ2n) is 9.45. The maximum absolute atomic E-state index is 5.86. The summed E-state index contributed by atoms with van der Waals surface area (Å²) in [6, 6.07) is 12.6. The third kappa shape index (κ3) is 7.11. The molecule has 0 aliphatic rings. The summed E-state index contributed by atoms with van der Waals surface area (Å²) in [7, 11) is 0. The van der Waals surface area contributed by atoms with Crippen molar-refractivity contribution in [1.29, 1.82) is 0 Å². The summed E-state index contributed by atoms with van der Waals surface area (Å²) < 4.78 is 2.18. The minimum atomic E-state index is 0.635. The van der Waals surface area contributed by atoms with Gasteiger partial charge in [-0.25, -0.2) is 9.97 Å². The van der Waals surface area contributed by atoms with Crippen LogP contribution in [0.15, 0.2) is 41.3 Å². The fourth-order valence-corrected chi connectivity index (χ4v) is 4.18. The van der Waals surface area contributed by atoms with Gasteiger partial charge in [0.15, 0.2) is 5.65 Å². The first-order valence-electron chi connectivity index (χ1n) is 12.1. The van der Waals surface area contributed by atoms with Crippen molar-refractivity contribution in [3.05, 3.63) is 36.4 Å². The Morgan fingerprint density at radius 1 is 1.03 bits per heavy atom. The van der Waals surface area contributed by atoms with Crippen LogP contribution in [0.5, 0.6) is 0 Å². The number of rotatable bonds is 13. The molecule has 0 aliphatic heterocycles. The van der Waals surface area contributed by atoms with Crippen molar-refractivity contribution >= 4 is 40.4 Å². The first-order valence-corrected chi connectivity index (χ1v) is 13.4. The molecule has 0 saturated carbocycles. The highest BCUT2D eigenvalue weighted by atomic mass is 32.2. The maximum Gasteiger partial charge on any atom is 0.209 e. The van der Waals surface area contributed by atoms with E-state index in [0.29, 0.717) is 18.4 Å². The number of hydrogen-bond acceptors (Lipinski definition) is 6. The molecule has 0 aliphatic carbocycles. The van der Waals surface area contributed by atoms with Crippen molar-refractivity contribution < 1.29 is 0 Å². The fourth-order valence-electron chi connectivity index (χ4n) is 3.72. The van der Waals surface area contributed by atoms with E-state index in [1.165, 1.54) is 4.90 Å². The molecule has 0 radical (unpaired) electrons. The van der Waals surface area contributed by atoms with Crippen LogP contribution in [0.25, 0.3) is 11.2 Å². The zero-order valence-electron chi connectivity index (χ0n) is 20.8. The van der Waals surface area contributed by atoms with Crippen LogP contribution in [0.2, 0.25) is 0 Å². The van der Waals surface area contributed by atoms with Crippen LogP contribution in [0.4, 0.5) is 17.5 Å². The highest BCUT2D eigenvalue weighted by molar-refractivity contribution is 7.98. The standard InChI is InChI=1S/C26H40N6S/c1-19(2)12-16-31(17-13-20(3)4)24-11-10-23-25(30-24)32(15-7-14-27)26(29-23)28-21-8-6-9-22(18-21)33-5/h6,8-11,18-20H,7,12-17,27H2,1-5H3,(H,28,29). The maximum atomic E-state index is 5.86. The predicted molar refractivity (Wildman–Crippen MR) is 144 cm³/mol. The van der Waals surface area contributed by atoms with E-state index in [1.807, 2.05) is 0 Å². The third-order valence-electron chi connectivity index (χ3n) is 5.77. The zero-order chi connectivity index (χ0) is 23.8. The first kappa shape index (κ1) is 25.4. The number of nitrogens with zero attached hydrogens (tertiary/aromatic N) is 4. The smallest absolute Gasteiger partial charge is 0.209 e. The largest absolute Gasteiger partial charge is 0.357 e. The van der Waals surface area contributed by atoms with Gasteiger partial charge >= 0.3 is 0 Å². The Balaban J connectivity index is 1.96. The van der Waals surface area contributed by atoms with Gasteiger partial charge in [-0.3, -0.25) is 4.57 Å². The third-order valence-corrected chi connectivity index (χ3v) is 6.49. The number of aromatic nitrogens is 3. The number of thioether (sulfide) groups is 1. The molecule has 1 aromatic carbocycles. The normalized spacial score (nSPS) is 11.6. The Morgan fingerprint density at radius 2 is 1.76 bits per heavy atom. The summed E-state index contributed by atoms with van der Waals surface area (Å²) in [6.45, 7) is 12.6. The summed E-state index contributed by atoms with van der Waals surface area (Å²) in [5, 5.41) is 3.52. The van der Waals surface area contributed by atoms with Crippen LogP contribution in [-0.4, -0.2) is 40.4 Å². The second-order valence-corrected chi connectivity index (χ2v) is 10.3. The lowest BCUT2D eigenvalue weighted by Crippen LogP contribution is -2.28. The van der Waals surface area contributed by atoms with E-state index in [0.717, 1.165) is 67.5 Å². The summed E-state index contributed by atoms with van der Waals surface area (Å²) in [5.74, 6) is 3.18. The topological polar surface area (TPSA) is 72.0 Å². The first-order chi connectivity index (χ1) is 15.9. The van der Waals surface area contributed by atoms with E-state index >= 15 is 0 Å². The molecule has 180 valence electrons. The van der Waals surface area contributed by atoms with Crippen molar-refractivity contribution in [3.63, 3.8) is 0 Å². The van der Waals surface area contributed by atoms with Gasteiger partial charge in [0, 0.05) is 30.2 Å². The fraction of sp³-hybridized carbons (Fsp3) is 0.538. The molecule has 2 heterocycles. The van der Waals surface area contributed by atoms with Crippen molar-refractivity contribution in [2.24, 2.45) is 17.6 Å². The molecule has 0 atom stereocenters. The van der Waals surface area contributed by atoms with Gasteiger partial charge in [0.2, 0.25) is 5.95 Å². The van der Waals surface area contributed by atoms with Crippen molar-refractivity contribution in [2.75, 3.05) is 36.1 Å². The van der Waals surface area contributed by atoms with E-state index in [-0.39, 0.29) is 0 Å². The molecule has 0 fully saturated rings. The number of aryl methyl sites for hydroxylation is 1. The van der Waals surface area contributed by atoms with E-state index in [9.17, 15) is 0 Å². The SMILES string of the molecule is CSc1cccc(Nc2nc3ccc(N(CCC(C)C)CCC(C)C)nc3n2CCCN)c1. The summed E-state index contributed by atoms with van der Waals surface area (Å²) in [6.07, 6.45) is 5.28. The number of nitrogens with two attached hydrogens (primary N) is 1. The molecule has 0 bridgehead atoms. The Morgan fingerprint density at radius 3 is 2.39 bits per heavy atom. The Hall–Kier alpha value is -2.25. The molecule has 0 spiro atoms. The van der Waals surface area contributed by atoms with Crippen LogP contribution in [-0.2, 0) is 6.54 Å². The molecule has 3 N–H and O–H groups in total. The summed E-state index contributed by atoms with van der Waals surface area (Å²) in [5.41, 5.74) is 8.72. The van der Waals surface area contributed by atoms with Gasteiger partial charge in [0.1, 0.15) is 11.3 Å². The monoisotopic (exact) mass is 468 g/mol. The number of benzene rings is 1. The number of fused-ring (bicyclic) bond motifs is 1. The molecule has 7 heteroatoms. The quantitative estimate of drug-likeness (QED) is 0.293. The van der Waals surface area contributed by atoms with Crippen LogP contribution < -0.4 is 16.0 Å². The molecule has 6 nitrogen and oxygen atoms in total. The molecule has 2 aromatic heterocycles. The van der Waals surface area contributed by atoms with Gasteiger partial charge in [-0.2, -0.15) is 0 Å². The molecule has 3 rings (SSSR count). The zero-order valence-corrected chi connectivity index (χ0v) is 21.7. The molecule has 0 saturated heterocycles. The number of nitrogens with one attached hydrogen (secondary N) is 1. The van der Waals surface area contributed by atoms with Crippen LogP contribution in [0.1, 0.15) is 47.0 Å². The van der Waals surface area contributed by atoms with Crippen molar-refractivity contribution in [3.8, 4) is 0 Å². The van der Waals surface area contributed by atoms with Gasteiger partial charge in [0.25, 0.3) is 0 Å². The Labute approximate surface area is 203 Å². The highest BCUT2D eigenvalue weighted by Gasteiger charge is 2.16. The Kier molecular flexibility index (Phi) is 9.44. The number of imidazole rings is 1. The van der Waals surface area contributed by atoms with Gasteiger partial charge in [0.05, 0.1) is 0 Å². The van der Waals surface area contributed by atoms with E-state index in [1.54, 1.807) is 11.8 Å². The number of anilines is 3. The minimum Gasteiger partial charge on any atom is -0.357 e. The van der Waals surface area contributed by atoms with Gasteiger partial charge < -0.3 is 16.0 Å². The minimum absolute atomic E-state index is 0.635. The van der Waals surface area contributed by atoms with Gasteiger partial charge in [-0.1, -0.05) is 33.8 Å². The van der Waals surface area contributed by atoms with Crippen LogP contribution in [0.3, 0.4) is 0 Å². The van der Waals surface area contributed by atoms with E-state index in [4.69, 9.17) is 15.7 Å². The predicted octanol–water partition coefficient (Wildman–Crippen LogP) is 6.14. The highest BCUT2D eigenvalue weighted by Crippen LogP contribution is 2.27. The van der Waals surface area contributed by atoms with Crippen molar-refractivity contribution in [2.45, 2.75) is 58.4 Å². The van der Waals surface area contributed by atoms with Crippen LogP contribution in [0, 0.1) is 11.8 Å². The van der Waals surface area contributed by atoms with Crippen LogP contribution >= 0.6 is 11.8 Å². The lowest BCUT2D eigenvalue weighted by atomic mass is 10.1. The lowest BCUT2D eigenvalue weighted by molar-refractivity contribution is 0.533. The van der Waals surface area contributed by atoms with E-state index < -0.39 is 0 Å². The molecule has 0 unspecified atom stereocenters. The summed E-state index contributed by atoms with van der Waals surface area (Å²) >= 11 is 1.73. The molecule has 0 amide bonds. The van der Waals surface area contributed by atoms with Gasteiger partial charge in [-0.05, 0) is 74.2 Å². The molecule has 33 heavy (non-hydrogen) atoms. The number of pyridine rings is 1.